The van der Waals surface area contributed by atoms with Crippen LogP contribution in [0.2, 0.25) is 0 Å². The third kappa shape index (κ3) is 7.40. The second-order valence-corrected chi connectivity index (χ2v) is 3.01. The molecule has 0 saturated carbocycles. The van der Waals surface area contributed by atoms with E-state index in [1.807, 2.05) is 20.8 Å². The van der Waals surface area contributed by atoms with Crippen molar-refractivity contribution in [1.29, 1.82) is 0 Å². The molecule has 0 aromatic heterocycles. The van der Waals surface area contributed by atoms with Gasteiger partial charge in [0.2, 0.25) is 0 Å². The maximum absolute atomic E-state index is 11.1. The number of esters is 1. The molecule has 0 aliphatic carbocycles. The fourth-order valence-corrected chi connectivity index (χ4v) is 1.07. The average Bonchev–Trinajstić information content (AvgIpc) is 2.22. The largest absolute Gasteiger partial charge is 0.443 e. The summed E-state index contributed by atoms with van der Waals surface area (Å²) in [5, 5.41) is 0. The highest BCUT2D eigenvalue weighted by Gasteiger charge is 2.14. The number of hydrogen-bond acceptors (Lipinski definition) is 3. The van der Waals surface area contributed by atoms with E-state index in [9.17, 15) is 4.79 Å². The van der Waals surface area contributed by atoms with Crippen molar-refractivity contribution in [2.75, 3.05) is 19.5 Å². The second-order valence-electron chi connectivity index (χ2n) is 3.01. The first kappa shape index (κ1) is 16.9. The van der Waals surface area contributed by atoms with E-state index in [2.05, 4.69) is 23.1 Å². The number of nitrogens with zero attached hydrogens (tertiary/aromatic N) is 1. The lowest BCUT2D eigenvalue weighted by atomic mass is 10.3. The predicted molar refractivity (Wildman–Crippen MR) is 65.1 cm³/mol. The first-order valence-electron chi connectivity index (χ1n) is 5.01. The number of carbonyl (C=O) groups excluding carboxylic acids is 1. The van der Waals surface area contributed by atoms with E-state index < -0.39 is 0 Å². The van der Waals surface area contributed by atoms with Crippen LogP contribution >= 0.6 is 11.6 Å². The van der Waals surface area contributed by atoms with Gasteiger partial charge in [0.1, 0.15) is 0 Å². The Balaban J connectivity index is 0. The molecule has 0 radical (unpaired) electrons. The van der Waals surface area contributed by atoms with E-state index in [-0.39, 0.29) is 12.2 Å². The summed E-state index contributed by atoms with van der Waals surface area (Å²) in [4.78, 5) is 13.2. The summed E-state index contributed by atoms with van der Waals surface area (Å²) >= 11 is 4.64. The number of rotatable bonds is 5. The third-order valence-electron chi connectivity index (χ3n) is 1.95. The van der Waals surface area contributed by atoms with E-state index in [4.69, 9.17) is 4.74 Å². The number of carbonyl (C=O) groups is 1. The van der Waals surface area contributed by atoms with Crippen molar-refractivity contribution in [2.45, 2.75) is 33.9 Å². The van der Waals surface area contributed by atoms with Crippen molar-refractivity contribution in [3.05, 3.63) is 12.2 Å². The normalized spacial score (nSPS) is 11.4. The minimum Gasteiger partial charge on any atom is -0.443 e. The van der Waals surface area contributed by atoms with Crippen LogP contribution in [0.15, 0.2) is 12.2 Å². The lowest BCUT2D eigenvalue weighted by Gasteiger charge is -2.25. The molecule has 0 spiro atoms. The average molecular weight is 236 g/mol. The van der Waals surface area contributed by atoms with Crippen molar-refractivity contribution in [2.24, 2.45) is 0 Å². The Morgan fingerprint density at radius 2 is 1.80 bits per heavy atom. The number of hydrogen-bond donors (Lipinski definition) is 0. The van der Waals surface area contributed by atoms with Crippen LogP contribution in [0.25, 0.3) is 0 Å². The molecule has 0 heterocycles. The van der Waals surface area contributed by atoms with Crippen LogP contribution in [0.5, 0.6) is 0 Å². The summed E-state index contributed by atoms with van der Waals surface area (Å²) in [6.45, 7) is 12.9. The van der Waals surface area contributed by atoms with Gasteiger partial charge in [-0.15, -0.1) is 11.6 Å². The highest BCUT2D eigenvalue weighted by atomic mass is 35.5. The summed E-state index contributed by atoms with van der Waals surface area (Å²) in [5.41, 5.74) is 0.444. The monoisotopic (exact) mass is 235 g/mol. The molecule has 15 heavy (non-hydrogen) atoms. The van der Waals surface area contributed by atoms with Crippen molar-refractivity contribution in [3.63, 3.8) is 0 Å². The number of halogens is 1. The van der Waals surface area contributed by atoms with Gasteiger partial charge in [0.15, 0.2) is 6.23 Å². The molecule has 0 saturated heterocycles. The molecule has 0 aromatic rings. The molecular formula is C11H22ClNO2. The van der Waals surface area contributed by atoms with Gasteiger partial charge >= 0.3 is 5.97 Å². The molecule has 1 atom stereocenters. The van der Waals surface area contributed by atoms with Crippen LogP contribution in [-0.4, -0.2) is 36.6 Å². The number of ether oxygens (including phenoxy) is 1. The van der Waals surface area contributed by atoms with E-state index >= 15 is 0 Å². The smallest absolute Gasteiger partial charge is 0.334 e. The zero-order chi connectivity index (χ0) is 12.4. The van der Waals surface area contributed by atoms with Crippen LogP contribution in [0.3, 0.4) is 0 Å². The summed E-state index contributed by atoms with van der Waals surface area (Å²) in [5.74, 6) is -0.320. The maximum atomic E-state index is 11.1. The summed E-state index contributed by atoms with van der Waals surface area (Å²) in [6, 6.07) is 0. The summed E-state index contributed by atoms with van der Waals surface area (Å²) < 4.78 is 5.14. The van der Waals surface area contributed by atoms with E-state index in [1.54, 1.807) is 6.92 Å². The van der Waals surface area contributed by atoms with Crippen LogP contribution in [0.4, 0.5) is 0 Å². The molecule has 0 N–H and O–H groups in total. The molecule has 4 heteroatoms. The standard InChI is InChI=1S/C10H19NO2.CH3Cl/c1-6-11(7-2)9(5)13-10(12)8(3)4;1-2/h9H,3,6-7H2,1-2,4-5H3;1H3. The van der Waals surface area contributed by atoms with Gasteiger partial charge in [-0.2, -0.15) is 0 Å². The van der Waals surface area contributed by atoms with Gasteiger partial charge in [-0.25, -0.2) is 4.79 Å². The summed E-state index contributed by atoms with van der Waals surface area (Å²) in [7, 11) is 0. The first-order valence-corrected chi connectivity index (χ1v) is 5.76. The Morgan fingerprint density at radius 1 is 1.40 bits per heavy atom. The SMILES string of the molecule is C=C(C)C(=O)OC(C)N(CC)CC.CCl. The van der Waals surface area contributed by atoms with Crippen LogP contribution in [0.1, 0.15) is 27.7 Å². The fourth-order valence-electron chi connectivity index (χ4n) is 1.07. The molecule has 0 bridgehead atoms. The van der Waals surface area contributed by atoms with Crippen LogP contribution in [0, 0.1) is 0 Å². The van der Waals surface area contributed by atoms with Crippen molar-refractivity contribution >= 4 is 17.6 Å². The highest BCUT2D eigenvalue weighted by molar-refractivity contribution is 6.15. The fraction of sp³-hybridized carbons (Fsp3) is 0.727. The van der Waals surface area contributed by atoms with Gasteiger partial charge < -0.3 is 4.74 Å². The molecule has 1 unspecified atom stereocenters. The Kier molecular flexibility index (Phi) is 11.2. The van der Waals surface area contributed by atoms with Gasteiger partial charge in [0, 0.05) is 12.0 Å². The molecule has 3 nitrogen and oxygen atoms in total. The lowest BCUT2D eigenvalue weighted by Crippen LogP contribution is -2.36. The van der Waals surface area contributed by atoms with Crippen LogP contribution < -0.4 is 0 Å². The van der Waals surface area contributed by atoms with E-state index in [0.717, 1.165) is 13.1 Å². The number of alkyl halides is 1. The third-order valence-corrected chi connectivity index (χ3v) is 1.95. The molecule has 0 aliphatic heterocycles. The quantitative estimate of drug-likeness (QED) is 0.318. The van der Waals surface area contributed by atoms with Gasteiger partial charge in [0.25, 0.3) is 0 Å². The maximum Gasteiger partial charge on any atom is 0.334 e. The lowest BCUT2D eigenvalue weighted by molar-refractivity contribution is -0.152. The zero-order valence-corrected chi connectivity index (χ0v) is 11.1. The molecule has 0 aromatic carbocycles. The molecule has 90 valence electrons. The zero-order valence-electron chi connectivity index (χ0n) is 10.3. The van der Waals surface area contributed by atoms with Gasteiger partial charge in [-0.1, -0.05) is 20.4 Å². The highest BCUT2D eigenvalue weighted by Crippen LogP contribution is 2.03. The summed E-state index contributed by atoms with van der Waals surface area (Å²) in [6.07, 6.45) is 1.30. The van der Waals surface area contributed by atoms with Crippen molar-refractivity contribution in [3.8, 4) is 0 Å². The Labute approximate surface area is 98.0 Å². The van der Waals surface area contributed by atoms with Crippen molar-refractivity contribution in [1.82, 2.24) is 4.90 Å². The first-order chi connectivity index (χ1) is 7.02. The minimum absolute atomic E-state index is 0.167. The van der Waals surface area contributed by atoms with E-state index in [0.29, 0.717) is 5.57 Å². The van der Waals surface area contributed by atoms with Crippen molar-refractivity contribution < 1.29 is 9.53 Å². The predicted octanol–water partition coefficient (Wildman–Crippen LogP) is 2.65. The molecule has 0 rings (SSSR count). The second kappa shape index (κ2) is 9.99. The minimum atomic E-state index is -0.320. The van der Waals surface area contributed by atoms with Gasteiger partial charge in [0.05, 0.1) is 0 Å². The van der Waals surface area contributed by atoms with Crippen LogP contribution in [-0.2, 0) is 9.53 Å². The molecule has 0 fully saturated rings. The molecule has 0 aliphatic rings. The van der Waals surface area contributed by atoms with Gasteiger partial charge in [-0.3, -0.25) is 4.90 Å². The van der Waals surface area contributed by atoms with E-state index in [1.165, 1.54) is 6.38 Å². The molecular weight excluding hydrogens is 214 g/mol. The van der Waals surface area contributed by atoms with Gasteiger partial charge in [-0.05, 0) is 26.9 Å². The topological polar surface area (TPSA) is 29.5 Å². The Bertz CT molecular complexity index is 191. The Hall–Kier alpha value is -0.540. The molecule has 0 amide bonds. The Morgan fingerprint density at radius 3 is 2.07 bits per heavy atom.